The summed E-state index contributed by atoms with van der Waals surface area (Å²) in [6.07, 6.45) is 0. The minimum atomic E-state index is -0.267. The van der Waals surface area contributed by atoms with Crippen LogP contribution in [0.15, 0.2) is 18.2 Å². The van der Waals surface area contributed by atoms with Gasteiger partial charge in [0, 0.05) is 35.3 Å². The van der Waals surface area contributed by atoms with Gasteiger partial charge in [0.25, 0.3) is 5.69 Å². The molecule has 0 amide bonds. The molecule has 1 aromatic rings. The Hall–Kier alpha value is -0.890. The highest BCUT2D eigenvalue weighted by Crippen LogP contribution is 2.39. The van der Waals surface area contributed by atoms with Crippen molar-refractivity contribution in [3.8, 4) is 0 Å². The lowest BCUT2D eigenvalue weighted by molar-refractivity contribution is -0.384. The van der Waals surface area contributed by atoms with E-state index in [1.54, 1.807) is 6.07 Å². The van der Waals surface area contributed by atoms with Crippen LogP contribution < -0.4 is 10.2 Å². The maximum atomic E-state index is 11.2. The number of nitro groups is 1. The van der Waals surface area contributed by atoms with Crippen molar-refractivity contribution in [1.29, 1.82) is 0 Å². The Bertz CT molecular complexity index is 523. The first-order chi connectivity index (χ1) is 9.08. The lowest BCUT2D eigenvalue weighted by Crippen LogP contribution is -2.33. The van der Waals surface area contributed by atoms with Crippen LogP contribution in [0.25, 0.3) is 0 Å². The summed E-state index contributed by atoms with van der Waals surface area (Å²) in [7, 11) is 0. The summed E-state index contributed by atoms with van der Waals surface area (Å²) in [4.78, 5) is 13.2. The Morgan fingerprint density at radius 1 is 1.47 bits per heavy atom. The number of fused-ring (bicyclic) bond motifs is 1. The fourth-order valence-electron chi connectivity index (χ4n) is 3.37. The van der Waals surface area contributed by atoms with Crippen LogP contribution in [0.1, 0.15) is 6.92 Å². The molecule has 2 aliphatic rings. The quantitative estimate of drug-likeness (QED) is 0.491. The molecular weight excluding hydrogens is 357 g/mol. The average molecular weight is 373 g/mol. The number of nitrogens with zero attached hydrogens (tertiary/aromatic N) is 2. The largest absolute Gasteiger partial charge is 0.363 e. The Labute approximate surface area is 125 Å². The molecule has 1 N–H and O–H groups in total. The normalized spacial score (nSPS) is 29.6. The third kappa shape index (κ3) is 2.20. The minimum Gasteiger partial charge on any atom is -0.363 e. The first kappa shape index (κ1) is 13.1. The highest BCUT2D eigenvalue weighted by atomic mass is 127. The molecule has 0 radical (unpaired) electrons. The van der Waals surface area contributed by atoms with Crippen molar-refractivity contribution < 1.29 is 4.92 Å². The second-order valence-corrected chi connectivity index (χ2v) is 6.61. The molecule has 102 valence electrons. The number of nitrogens with one attached hydrogen (secondary N) is 1. The summed E-state index contributed by atoms with van der Waals surface area (Å²) in [6.45, 7) is 5.16. The van der Waals surface area contributed by atoms with Crippen LogP contribution in [-0.4, -0.2) is 30.6 Å². The molecule has 1 aromatic carbocycles. The van der Waals surface area contributed by atoms with Gasteiger partial charge in [-0.1, -0.05) is 0 Å². The molecule has 3 rings (SSSR count). The predicted molar refractivity (Wildman–Crippen MR) is 82.5 cm³/mol. The van der Waals surface area contributed by atoms with Gasteiger partial charge in [0.1, 0.15) is 5.69 Å². The van der Waals surface area contributed by atoms with Gasteiger partial charge in [-0.05, 0) is 53.5 Å². The number of rotatable bonds is 2. The molecule has 0 aliphatic carbocycles. The fourth-order valence-corrected chi connectivity index (χ4v) is 3.85. The molecule has 0 aromatic heterocycles. The van der Waals surface area contributed by atoms with Gasteiger partial charge in [-0.15, -0.1) is 0 Å². The van der Waals surface area contributed by atoms with E-state index < -0.39 is 0 Å². The van der Waals surface area contributed by atoms with Crippen molar-refractivity contribution in [3.05, 3.63) is 31.9 Å². The molecule has 2 saturated heterocycles. The van der Waals surface area contributed by atoms with Gasteiger partial charge in [-0.2, -0.15) is 0 Å². The van der Waals surface area contributed by atoms with Crippen LogP contribution in [-0.2, 0) is 0 Å². The topological polar surface area (TPSA) is 58.4 Å². The Morgan fingerprint density at radius 3 is 2.95 bits per heavy atom. The van der Waals surface area contributed by atoms with E-state index in [1.165, 1.54) is 0 Å². The number of halogens is 1. The maximum Gasteiger partial charge on any atom is 0.293 e. The Balaban J connectivity index is 1.97. The van der Waals surface area contributed by atoms with E-state index >= 15 is 0 Å². The van der Waals surface area contributed by atoms with Crippen LogP contribution in [0, 0.1) is 25.5 Å². The van der Waals surface area contributed by atoms with Crippen LogP contribution in [0.3, 0.4) is 0 Å². The van der Waals surface area contributed by atoms with E-state index in [1.807, 2.05) is 12.1 Å². The van der Waals surface area contributed by atoms with Gasteiger partial charge in [-0.3, -0.25) is 10.1 Å². The highest BCUT2D eigenvalue weighted by Gasteiger charge is 2.43. The Kier molecular flexibility index (Phi) is 3.38. The van der Waals surface area contributed by atoms with Crippen molar-refractivity contribution in [2.24, 2.45) is 11.8 Å². The van der Waals surface area contributed by atoms with Crippen LogP contribution in [0.5, 0.6) is 0 Å². The van der Waals surface area contributed by atoms with E-state index in [4.69, 9.17) is 0 Å². The van der Waals surface area contributed by atoms with Gasteiger partial charge < -0.3 is 10.2 Å². The van der Waals surface area contributed by atoms with E-state index in [0.717, 1.165) is 28.9 Å². The molecule has 6 heteroatoms. The Morgan fingerprint density at radius 2 is 2.26 bits per heavy atom. The summed E-state index contributed by atoms with van der Waals surface area (Å²) in [5, 5.41) is 14.7. The molecule has 2 fully saturated rings. The third-order valence-corrected chi connectivity index (χ3v) is 5.05. The second kappa shape index (κ2) is 4.90. The van der Waals surface area contributed by atoms with Crippen molar-refractivity contribution >= 4 is 34.0 Å². The van der Waals surface area contributed by atoms with Crippen molar-refractivity contribution in [1.82, 2.24) is 5.32 Å². The van der Waals surface area contributed by atoms with Crippen LogP contribution >= 0.6 is 22.6 Å². The molecule has 0 saturated carbocycles. The van der Waals surface area contributed by atoms with Crippen molar-refractivity contribution in [2.45, 2.75) is 13.0 Å². The predicted octanol–water partition coefficient (Wildman–Crippen LogP) is 2.24. The zero-order valence-electron chi connectivity index (χ0n) is 10.7. The van der Waals surface area contributed by atoms with Gasteiger partial charge in [0.05, 0.1) is 4.92 Å². The highest BCUT2D eigenvalue weighted by molar-refractivity contribution is 14.1. The van der Waals surface area contributed by atoms with Crippen molar-refractivity contribution in [2.75, 3.05) is 24.5 Å². The van der Waals surface area contributed by atoms with Gasteiger partial charge >= 0.3 is 0 Å². The number of hydrogen-bond donors (Lipinski definition) is 1. The molecule has 3 unspecified atom stereocenters. The number of anilines is 1. The number of nitro benzene ring substituents is 1. The van der Waals surface area contributed by atoms with Gasteiger partial charge in [0.15, 0.2) is 0 Å². The minimum absolute atomic E-state index is 0.228. The lowest BCUT2D eigenvalue weighted by Gasteiger charge is -2.26. The molecule has 19 heavy (non-hydrogen) atoms. The van der Waals surface area contributed by atoms with Crippen LogP contribution in [0.2, 0.25) is 0 Å². The van der Waals surface area contributed by atoms with Gasteiger partial charge in [-0.25, -0.2) is 0 Å². The van der Waals surface area contributed by atoms with E-state index in [-0.39, 0.29) is 10.6 Å². The van der Waals surface area contributed by atoms with E-state index in [9.17, 15) is 10.1 Å². The van der Waals surface area contributed by atoms with Crippen molar-refractivity contribution in [3.63, 3.8) is 0 Å². The van der Waals surface area contributed by atoms with Gasteiger partial charge in [0.2, 0.25) is 0 Å². The number of benzene rings is 1. The smallest absolute Gasteiger partial charge is 0.293 e. The zero-order valence-corrected chi connectivity index (χ0v) is 12.8. The molecule has 5 nitrogen and oxygen atoms in total. The maximum absolute atomic E-state index is 11.2. The fraction of sp³-hybridized carbons (Fsp3) is 0.538. The lowest BCUT2D eigenvalue weighted by atomic mass is 9.95. The summed E-state index contributed by atoms with van der Waals surface area (Å²) in [6, 6.07) is 5.86. The molecular formula is C13H16IN3O2. The molecule has 2 aliphatic heterocycles. The molecule has 0 spiro atoms. The molecule has 3 atom stereocenters. The number of hydrogen-bond acceptors (Lipinski definition) is 4. The summed E-state index contributed by atoms with van der Waals surface area (Å²) in [5.74, 6) is 1.23. The molecule has 2 heterocycles. The SMILES string of the molecule is CC1C2CNCC2CN1c1ccc(I)cc1[N+](=O)[O-]. The summed E-state index contributed by atoms with van der Waals surface area (Å²) >= 11 is 2.12. The summed E-state index contributed by atoms with van der Waals surface area (Å²) in [5.41, 5.74) is 0.999. The second-order valence-electron chi connectivity index (χ2n) is 5.37. The van der Waals surface area contributed by atoms with Crippen LogP contribution in [0.4, 0.5) is 11.4 Å². The first-order valence-electron chi connectivity index (χ1n) is 6.49. The summed E-state index contributed by atoms with van der Waals surface area (Å²) < 4.78 is 0.904. The first-order valence-corrected chi connectivity index (χ1v) is 7.57. The monoisotopic (exact) mass is 373 g/mol. The zero-order chi connectivity index (χ0) is 13.6. The van der Waals surface area contributed by atoms with E-state index in [2.05, 4.69) is 39.7 Å². The standard InChI is InChI=1S/C13H16IN3O2/c1-8-11-6-15-5-9(11)7-16(8)12-3-2-10(14)4-13(12)17(18)19/h2-4,8-9,11,15H,5-7H2,1H3. The molecule has 0 bridgehead atoms. The third-order valence-electron chi connectivity index (χ3n) is 4.38. The van der Waals surface area contributed by atoms with E-state index in [0.29, 0.717) is 17.9 Å². The average Bonchev–Trinajstić information content (AvgIpc) is 2.93.